The van der Waals surface area contributed by atoms with E-state index < -0.39 is 18.6 Å². The normalized spacial score (nSPS) is 9.74. The van der Waals surface area contributed by atoms with Gasteiger partial charge in [0.1, 0.15) is 13.2 Å². The van der Waals surface area contributed by atoms with Crippen molar-refractivity contribution in [3.63, 3.8) is 0 Å². The van der Waals surface area contributed by atoms with Gasteiger partial charge in [-0.2, -0.15) is 0 Å². The van der Waals surface area contributed by atoms with E-state index in [-0.39, 0.29) is 13.2 Å². The Hall–Kier alpha value is -2.30. The molecule has 0 aromatic heterocycles. The molecule has 5 heteroatoms. The van der Waals surface area contributed by atoms with Crippen LogP contribution in [0.4, 0.5) is 4.79 Å². The Morgan fingerprint density at radius 3 is 2.79 bits per heavy atom. The molecule has 0 aliphatic rings. The molecule has 1 aromatic carbocycles. The predicted molar refractivity (Wildman–Crippen MR) is 70.8 cm³/mol. The maximum absolute atomic E-state index is 11.7. The number of amides is 1. The maximum Gasteiger partial charge on any atom is 0.410 e. The van der Waals surface area contributed by atoms with E-state index in [0.29, 0.717) is 0 Å². The summed E-state index contributed by atoms with van der Waals surface area (Å²) in [6, 6.07) is 7.53. The number of rotatable bonds is 6. The first-order valence-corrected chi connectivity index (χ1v) is 5.83. The highest BCUT2D eigenvalue weighted by molar-refractivity contribution is 5.76. The first-order valence-electron chi connectivity index (χ1n) is 5.83. The number of carboxylic acids is 1. The van der Waals surface area contributed by atoms with Gasteiger partial charge in [-0.3, -0.25) is 9.69 Å². The van der Waals surface area contributed by atoms with E-state index in [1.54, 1.807) is 0 Å². The van der Waals surface area contributed by atoms with E-state index in [1.165, 1.54) is 6.08 Å². The Bertz CT molecular complexity index is 470. The third-order valence-electron chi connectivity index (χ3n) is 2.36. The van der Waals surface area contributed by atoms with Gasteiger partial charge in [-0.25, -0.2) is 4.79 Å². The van der Waals surface area contributed by atoms with Gasteiger partial charge in [0.2, 0.25) is 0 Å². The van der Waals surface area contributed by atoms with E-state index >= 15 is 0 Å². The molecule has 1 aromatic rings. The molecule has 0 atom stereocenters. The Kier molecular flexibility index (Phi) is 5.60. The van der Waals surface area contributed by atoms with Crippen LogP contribution in [-0.4, -0.2) is 35.2 Å². The zero-order valence-corrected chi connectivity index (χ0v) is 10.8. The Labute approximate surface area is 112 Å². The molecular weight excluding hydrogens is 246 g/mol. The van der Waals surface area contributed by atoms with E-state index in [4.69, 9.17) is 9.84 Å². The molecule has 0 aliphatic carbocycles. The average molecular weight is 263 g/mol. The number of nitrogens with zero attached hydrogens (tertiary/aromatic N) is 1. The number of aliphatic carboxylic acids is 1. The summed E-state index contributed by atoms with van der Waals surface area (Å²) in [5, 5.41) is 8.82. The predicted octanol–water partition coefficient (Wildman–Crippen LogP) is 2.20. The average Bonchev–Trinajstić information content (AvgIpc) is 2.34. The van der Waals surface area contributed by atoms with Crippen LogP contribution in [0.3, 0.4) is 0 Å². The van der Waals surface area contributed by atoms with Crippen molar-refractivity contribution in [2.45, 2.75) is 13.5 Å². The standard InChI is InChI=1S/C14H17NO4/c1-3-7-19-14(18)15(10-13(16)17)9-12-6-4-5-11(2)8-12/h3-6,8H,1,7,9-10H2,2H3,(H,16,17). The lowest BCUT2D eigenvalue weighted by Gasteiger charge is -2.20. The lowest BCUT2D eigenvalue weighted by molar-refractivity contribution is -0.138. The fourth-order valence-corrected chi connectivity index (χ4v) is 1.60. The minimum Gasteiger partial charge on any atom is -0.480 e. The summed E-state index contributed by atoms with van der Waals surface area (Å²) in [7, 11) is 0. The Morgan fingerprint density at radius 2 is 2.21 bits per heavy atom. The zero-order valence-electron chi connectivity index (χ0n) is 10.8. The van der Waals surface area contributed by atoms with Gasteiger partial charge in [0, 0.05) is 6.54 Å². The highest BCUT2D eigenvalue weighted by atomic mass is 16.6. The highest BCUT2D eigenvalue weighted by Gasteiger charge is 2.18. The first kappa shape index (κ1) is 14.8. The van der Waals surface area contributed by atoms with Crippen LogP contribution >= 0.6 is 0 Å². The maximum atomic E-state index is 11.7. The molecule has 0 saturated carbocycles. The number of ether oxygens (including phenoxy) is 1. The van der Waals surface area contributed by atoms with Crippen LogP contribution < -0.4 is 0 Å². The third-order valence-corrected chi connectivity index (χ3v) is 2.36. The van der Waals surface area contributed by atoms with Crippen LogP contribution in [0.15, 0.2) is 36.9 Å². The van der Waals surface area contributed by atoms with Crippen LogP contribution in [0.5, 0.6) is 0 Å². The van der Waals surface area contributed by atoms with Crippen molar-refractivity contribution in [3.05, 3.63) is 48.0 Å². The van der Waals surface area contributed by atoms with Crippen molar-refractivity contribution in [3.8, 4) is 0 Å². The number of benzene rings is 1. The molecule has 0 radical (unpaired) electrons. The fourth-order valence-electron chi connectivity index (χ4n) is 1.60. The molecule has 5 nitrogen and oxygen atoms in total. The zero-order chi connectivity index (χ0) is 14.3. The number of hydrogen-bond donors (Lipinski definition) is 1. The molecule has 0 aliphatic heterocycles. The molecule has 0 fully saturated rings. The number of hydrogen-bond acceptors (Lipinski definition) is 3. The fraction of sp³-hybridized carbons (Fsp3) is 0.286. The van der Waals surface area contributed by atoms with Gasteiger partial charge in [-0.05, 0) is 12.5 Å². The molecule has 1 amide bonds. The summed E-state index contributed by atoms with van der Waals surface area (Å²) >= 11 is 0. The van der Waals surface area contributed by atoms with Crippen molar-refractivity contribution < 1.29 is 19.4 Å². The van der Waals surface area contributed by atoms with Gasteiger partial charge in [-0.1, -0.05) is 42.5 Å². The molecule has 1 rings (SSSR count). The van der Waals surface area contributed by atoms with Crippen LogP contribution in [-0.2, 0) is 16.1 Å². The number of carbonyl (C=O) groups excluding carboxylic acids is 1. The van der Waals surface area contributed by atoms with Crippen LogP contribution in [0.25, 0.3) is 0 Å². The molecule has 0 saturated heterocycles. The van der Waals surface area contributed by atoms with Crippen LogP contribution in [0.1, 0.15) is 11.1 Å². The molecule has 0 spiro atoms. The van der Waals surface area contributed by atoms with Crippen molar-refractivity contribution in [1.82, 2.24) is 4.90 Å². The van der Waals surface area contributed by atoms with Crippen molar-refractivity contribution in [2.75, 3.05) is 13.2 Å². The van der Waals surface area contributed by atoms with Gasteiger partial charge in [0.05, 0.1) is 0 Å². The topological polar surface area (TPSA) is 66.8 Å². The Balaban J connectivity index is 2.76. The van der Waals surface area contributed by atoms with Gasteiger partial charge in [0.15, 0.2) is 0 Å². The molecule has 0 unspecified atom stereocenters. The molecule has 0 heterocycles. The molecule has 19 heavy (non-hydrogen) atoms. The van der Waals surface area contributed by atoms with E-state index in [0.717, 1.165) is 16.0 Å². The highest BCUT2D eigenvalue weighted by Crippen LogP contribution is 2.09. The summed E-state index contributed by atoms with van der Waals surface area (Å²) in [6.07, 6.45) is 0.771. The molecule has 0 bridgehead atoms. The first-order chi connectivity index (χ1) is 9.02. The van der Waals surface area contributed by atoms with Crippen molar-refractivity contribution in [1.29, 1.82) is 0 Å². The lowest BCUT2D eigenvalue weighted by Crippen LogP contribution is -2.35. The summed E-state index contributed by atoms with van der Waals surface area (Å²) in [6.45, 7) is 5.23. The molecule has 102 valence electrons. The number of carboxylic acid groups (broad SMARTS) is 1. The van der Waals surface area contributed by atoms with E-state index in [2.05, 4.69) is 6.58 Å². The number of aryl methyl sites for hydroxylation is 1. The van der Waals surface area contributed by atoms with Crippen molar-refractivity contribution in [2.24, 2.45) is 0 Å². The van der Waals surface area contributed by atoms with E-state index in [1.807, 2.05) is 31.2 Å². The second-order valence-corrected chi connectivity index (χ2v) is 4.10. The second kappa shape index (κ2) is 7.20. The van der Waals surface area contributed by atoms with Crippen LogP contribution in [0, 0.1) is 6.92 Å². The van der Waals surface area contributed by atoms with Gasteiger partial charge < -0.3 is 9.84 Å². The third kappa shape index (κ3) is 5.25. The van der Waals surface area contributed by atoms with Gasteiger partial charge in [0.25, 0.3) is 0 Å². The van der Waals surface area contributed by atoms with Crippen molar-refractivity contribution >= 4 is 12.1 Å². The minimum absolute atomic E-state index is 0.0583. The number of carbonyl (C=O) groups is 2. The summed E-state index contributed by atoms with van der Waals surface area (Å²) < 4.78 is 4.86. The second-order valence-electron chi connectivity index (χ2n) is 4.10. The SMILES string of the molecule is C=CCOC(=O)N(CC(=O)O)Cc1cccc(C)c1. The lowest BCUT2D eigenvalue weighted by atomic mass is 10.1. The largest absolute Gasteiger partial charge is 0.480 e. The van der Waals surface area contributed by atoms with Gasteiger partial charge in [-0.15, -0.1) is 0 Å². The summed E-state index contributed by atoms with van der Waals surface area (Å²) in [5.41, 5.74) is 1.91. The quantitative estimate of drug-likeness (QED) is 0.799. The summed E-state index contributed by atoms with van der Waals surface area (Å²) in [5.74, 6) is -1.08. The minimum atomic E-state index is -1.08. The monoisotopic (exact) mass is 263 g/mol. The molecular formula is C14H17NO4. The van der Waals surface area contributed by atoms with Gasteiger partial charge >= 0.3 is 12.1 Å². The molecule has 1 N–H and O–H groups in total. The Morgan fingerprint density at radius 1 is 1.47 bits per heavy atom. The van der Waals surface area contributed by atoms with E-state index in [9.17, 15) is 9.59 Å². The summed E-state index contributed by atoms with van der Waals surface area (Å²) in [4.78, 5) is 23.6. The van der Waals surface area contributed by atoms with Crippen LogP contribution in [0.2, 0.25) is 0 Å². The smallest absolute Gasteiger partial charge is 0.410 e.